The third kappa shape index (κ3) is 2.76. The number of hydrogen-bond acceptors (Lipinski definition) is 5. The van der Waals surface area contributed by atoms with Crippen molar-refractivity contribution in [3.63, 3.8) is 0 Å². The maximum atomic E-state index is 11.7. The predicted octanol–water partition coefficient (Wildman–Crippen LogP) is 0.413. The zero-order chi connectivity index (χ0) is 12.5. The molecule has 1 unspecified atom stereocenters. The Bertz CT molecular complexity index is 501. The van der Waals surface area contributed by atoms with Gasteiger partial charge in [-0.05, 0) is 25.0 Å². The highest BCUT2D eigenvalue weighted by Crippen LogP contribution is 2.24. The van der Waals surface area contributed by atoms with Crippen LogP contribution in [0.1, 0.15) is 12.8 Å². The van der Waals surface area contributed by atoms with Gasteiger partial charge in [-0.3, -0.25) is 0 Å². The van der Waals surface area contributed by atoms with Gasteiger partial charge in [0.1, 0.15) is 10.7 Å². The van der Waals surface area contributed by atoms with Crippen LogP contribution in [0.4, 0.5) is 5.82 Å². The first-order valence-corrected chi connectivity index (χ1v) is 7.53. The van der Waals surface area contributed by atoms with Crippen LogP contribution >= 0.6 is 0 Å². The standard InChI is InChI=1S/C11H17N3O2S/c1-17(15,16)10-5-2-6-13-11(10)14-7-3-4-9(12)8-14/h2,5-6,9H,3-4,7-8,12H2,1H3. The minimum Gasteiger partial charge on any atom is -0.354 e. The second-order valence-electron chi connectivity index (χ2n) is 4.45. The zero-order valence-corrected chi connectivity index (χ0v) is 10.7. The van der Waals surface area contributed by atoms with Crippen LogP contribution in [0, 0.1) is 0 Å². The summed E-state index contributed by atoms with van der Waals surface area (Å²) in [6.45, 7) is 1.48. The van der Waals surface area contributed by atoms with Crippen molar-refractivity contribution in [3.05, 3.63) is 18.3 Å². The maximum Gasteiger partial charge on any atom is 0.179 e. The highest BCUT2D eigenvalue weighted by molar-refractivity contribution is 7.90. The van der Waals surface area contributed by atoms with E-state index in [0.717, 1.165) is 19.4 Å². The Morgan fingerprint density at radius 3 is 2.94 bits per heavy atom. The van der Waals surface area contributed by atoms with E-state index in [4.69, 9.17) is 5.73 Å². The van der Waals surface area contributed by atoms with Crippen molar-refractivity contribution < 1.29 is 8.42 Å². The summed E-state index contributed by atoms with van der Waals surface area (Å²) in [4.78, 5) is 6.44. The molecule has 6 heteroatoms. The number of aromatic nitrogens is 1. The van der Waals surface area contributed by atoms with Gasteiger partial charge in [-0.1, -0.05) is 0 Å². The van der Waals surface area contributed by atoms with E-state index in [1.165, 1.54) is 6.26 Å². The van der Waals surface area contributed by atoms with Crippen molar-refractivity contribution in [1.82, 2.24) is 4.98 Å². The summed E-state index contributed by atoms with van der Waals surface area (Å²) in [5, 5.41) is 0. The van der Waals surface area contributed by atoms with Gasteiger partial charge < -0.3 is 10.6 Å². The third-order valence-electron chi connectivity index (χ3n) is 2.91. The Labute approximate surface area is 102 Å². The van der Waals surface area contributed by atoms with E-state index in [-0.39, 0.29) is 10.9 Å². The SMILES string of the molecule is CS(=O)(=O)c1cccnc1N1CCCC(N)C1. The minimum atomic E-state index is -3.25. The summed E-state index contributed by atoms with van der Waals surface area (Å²) >= 11 is 0. The van der Waals surface area contributed by atoms with Crippen LogP contribution in [0.2, 0.25) is 0 Å². The number of nitrogens with zero attached hydrogens (tertiary/aromatic N) is 2. The largest absolute Gasteiger partial charge is 0.354 e. The van der Waals surface area contributed by atoms with Crippen molar-refractivity contribution in [2.24, 2.45) is 5.73 Å². The Morgan fingerprint density at radius 2 is 2.29 bits per heavy atom. The summed E-state index contributed by atoms with van der Waals surface area (Å²) in [7, 11) is -3.25. The van der Waals surface area contributed by atoms with Crippen LogP contribution in [-0.4, -0.2) is 38.8 Å². The molecular formula is C11H17N3O2S. The number of piperidine rings is 1. The van der Waals surface area contributed by atoms with Gasteiger partial charge >= 0.3 is 0 Å². The highest BCUT2D eigenvalue weighted by atomic mass is 32.2. The Morgan fingerprint density at radius 1 is 1.53 bits per heavy atom. The lowest BCUT2D eigenvalue weighted by molar-refractivity contribution is 0.500. The lowest BCUT2D eigenvalue weighted by Crippen LogP contribution is -2.43. The van der Waals surface area contributed by atoms with Gasteiger partial charge in [-0.2, -0.15) is 0 Å². The lowest BCUT2D eigenvalue weighted by Gasteiger charge is -2.32. The van der Waals surface area contributed by atoms with Crippen LogP contribution in [0.3, 0.4) is 0 Å². The summed E-state index contributed by atoms with van der Waals surface area (Å²) < 4.78 is 23.4. The molecule has 0 bridgehead atoms. The molecule has 17 heavy (non-hydrogen) atoms. The molecule has 1 aromatic heterocycles. The first-order chi connectivity index (χ1) is 7.98. The van der Waals surface area contributed by atoms with Gasteiger partial charge in [-0.15, -0.1) is 0 Å². The average molecular weight is 255 g/mol. The van der Waals surface area contributed by atoms with Crippen molar-refractivity contribution >= 4 is 15.7 Å². The number of anilines is 1. The first kappa shape index (κ1) is 12.3. The zero-order valence-electron chi connectivity index (χ0n) is 9.83. The minimum absolute atomic E-state index is 0.0955. The van der Waals surface area contributed by atoms with Gasteiger partial charge in [-0.25, -0.2) is 13.4 Å². The van der Waals surface area contributed by atoms with E-state index in [0.29, 0.717) is 12.4 Å². The molecule has 1 aliphatic rings. The molecule has 0 spiro atoms. The van der Waals surface area contributed by atoms with Crippen molar-refractivity contribution in [2.75, 3.05) is 24.2 Å². The number of pyridine rings is 1. The van der Waals surface area contributed by atoms with Crippen LogP contribution in [-0.2, 0) is 9.84 Å². The van der Waals surface area contributed by atoms with Gasteiger partial charge in [0.25, 0.3) is 0 Å². The number of nitrogens with two attached hydrogens (primary N) is 1. The summed E-state index contributed by atoms with van der Waals surface area (Å²) in [6.07, 6.45) is 4.78. The normalized spacial score (nSPS) is 21.5. The van der Waals surface area contributed by atoms with E-state index in [1.807, 2.05) is 4.90 Å². The van der Waals surface area contributed by atoms with E-state index < -0.39 is 9.84 Å². The molecule has 1 fully saturated rings. The molecule has 0 amide bonds. The molecule has 5 nitrogen and oxygen atoms in total. The van der Waals surface area contributed by atoms with E-state index in [1.54, 1.807) is 18.3 Å². The molecular weight excluding hydrogens is 238 g/mol. The number of hydrogen-bond donors (Lipinski definition) is 1. The van der Waals surface area contributed by atoms with Crippen molar-refractivity contribution in [1.29, 1.82) is 0 Å². The highest BCUT2D eigenvalue weighted by Gasteiger charge is 2.23. The van der Waals surface area contributed by atoms with Gasteiger partial charge in [0.2, 0.25) is 0 Å². The fourth-order valence-electron chi connectivity index (χ4n) is 2.11. The van der Waals surface area contributed by atoms with Gasteiger partial charge in [0.05, 0.1) is 0 Å². The molecule has 0 aliphatic carbocycles. The fourth-order valence-corrected chi connectivity index (χ4v) is 2.95. The van der Waals surface area contributed by atoms with Crippen molar-refractivity contribution in [3.8, 4) is 0 Å². The number of sulfone groups is 1. The summed E-state index contributed by atoms with van der Waals surface area (Å²) in [5.41, 5.74) is 5.90. The van der Waals surface area contributed by atoms with E-state index in [2.05, 4.69) is 4.98 Å². The fraction of sp³-hybridized carbons (Fsp3) is 0.545. The monoisotopic (exact) mass is 255 g/mol. The lowest BCUT2D eigenvalue weighted by atomic mass is 10.1. The van der Waals surface area contributed by atoms with Gasteiger partial charge in [0.15, 0.2) is 9.84 Å². The van der Waals surface area contributed by atoms with Crippen LogP contribution in [0.25, 0.3) is 0 Å². The topological polar surface area (TPSA) is 76.3 Å². The van der Waals surface area contributed by atoms with Crippen LogP contribution < -0.4 is 10.6 Å². The molecule has 0 saturated carbocycles. The third-order valence-corrected chi connectivity index (χ3v) is 4.03. The van der Waals surface area contributed by atoms with Crippen LogP contribution in [0.15, 0.2) is 23.2 Å². The Kier molecular flexibility index (Phi) is 3.35. The molecule has 1 atom stereocenters. The maximum absolute atomic E-state index is 11.7. The molecule has 2 rings (SSSR count). The second kappa shape index (κ2) is 4.62. The second-order valence-corrected chi connectivity index (χ2v) is 6.43. The van der Waals surface area contributed by atoms with E-state index in [9.17, 15) is 8.42 Å². The predicted molar refractivity (Wildman–Crippen MR) is 66.8 cm³/mol. The van der Waals surface area contributed by atoms with Gasteiger partial charge in [0, 0.05) is 31.6 Å². The first-order valence-electron chi connectivity index (χ1n) is 5.64. The Hall–Kier alpha value is -1.14. The summed E-state index contributed by atoms with van der Waals surface area (Å²) in [6, 6.07) is 3.33. The molecule has 0 aromatic carbocycles. The Balaban J connectivity index is 2.38. The molecule has 0 radical (unpaired) electrons. The number of rotatable bonds is 2. The average Bonchev–Trinajstić information content (AvgIpc) is 2.28. The molecule has 1 saturated heterocycles. The molecule has 94 valence electrons. The molecule has 1 aromatic rings. The molecule has 2 heterocycles. The molecule has 1 aliphatic heterocycles. The molecule has 2 N–H and O–H groups in total. The smallest absolute Gasteiger partial charge is 0.179 e. The van der Waals surface area contributed by atoms with E-state index >= 15 is 0 Å². The summed E-state index contributed by atoms with van der Waals surface area (Å²) in [5.74, 6) is 0.533. The van der Waals surface area contributed by atoms with Crippen LogP contribution in [0.5, 0.6) is 0 Å². The quantitative estimate of drug-likeness (QED) is 0.828. The van der Waals surface area contributed by atoms with Crippen molar-refractivity contribution in [2.45, 2.75) is 23.8 Å².